The molecule has 2 saturated heterocycles. The molecule has 5 aliphatic rings. The van der Waals surface area contributed by atoms with Gasteiger partial charge in [-0.05, 0) is 43.1 Å². The van der Waals surface area contributed by atoms with Crippen LogP contribution >= 0.6 is 0 Å². The van der Waals surface area contributed by atoms with Crippen LogP contribution < -0.4 is 0 Å². The second-order valence-electron chi connectivity index (χ2n) is 12.5. The van der Waals surface area contributed by atoms with Crippen molar-refractivity contribution in [2.75, 3.05) is 13.7 Å². The van der Waals surface area contributed by atoms with Gasteiger partial charge in [-0.2, -0.15) is 0 Å². The molecule has 0 amide bonds. The Balaban J connectivity index is 1.70. The van der Waals surface area contributed by atoms with Gasteiger partial charge in [0.2, 0.25) is 5.60 Å². The predicted octanol–water partition coefficient (Wildman–Crippen LogP) is 0.945. The predicted molar refractivity (Wildman–Crippen MR) is 133 cm³/mol. The number of aliphatic hydroxyl groups excluding tert-OH is 4. The summed E-state index contributed by atoms with van der Waals surface area (Å²) in [6.07, 6.45) is -5.95. The second-order valence-corrected chi connectivity index (χ2v) is 12.5. The summed E-state index contributed by atoms with van der Waals surface area (Å²) in [4.78, 5) is 39.3. The highest BCUT2D eigenvalue weighted by atomic mass is 16.7. The molecule has 0 aromatic carbocycles. The number of esters is 2. The van der Waals surface area contributed by atoms with Crippen molar-refractivity contribution in [2.45, 2.75) is 83.8 Å². The monoisotopic (exact) mass is 550 g/mol. The molecule has 5 rings (SSSR count). The third kappa shape index (κ3) is 3.49. The largest absolute Gasteiger partial charge is 0.504 e. The summed E-state index contributed by atoms with van der Waals surface area (Å²) in [5, 5.41) is 45.0. The quantitative estimate of drug-likeness (QED) is 0.290. The van der Waals surface area contributed by atoms with Gasteiger partial charge in [0, 0.05) is 23.8 Å². The minimum absolute atomic E-state index is 0.0526. The molecule has 2 bridgehead atoms. The molecular weight excluding hydrogens is 512 g/mol. The fourth-order valence-electron chi connectivity index (χ4n) is 8.52. The molecule has 4 fully saturated rings. The summed E-state index contributed by atoms with van der Waals surface area (Å²) >= 11 is 0. The second kappa shape index (κ2) is 9.10. The van der Waals surface area contributed by atoms with Crippen LogP contribution in [0.15, 0.2) is 23.0 Å². The molecule has 216 valence electrons. The molecule has 11 heteroatoms. The number of ketones is 1. The highest BCUT2D eigenvalue weighted by Gasteiger charge is 2.84. The number of allylic oxidation sites excluding steroid dienone is 3. The van der Waals surface area contributed by atoms with Crippen molar-refractivity contribution < 1.29 is 53.8 Å². The molecule has 4 N–H and O–H groups in total. The Kier molecular flexibility index (Phi) is 6.59. The summed E-state index contributed by atoms with van der Waals surface area (Å²) in [7, 11) is 1.12. The van der Waals surface area contributed by atoms with Crippen LogP contribution in [0.2, 0.25) is 0 Å². The highest BCUT2D eigenvalue weighted by molar-refractivity contribution is 5.95. The minimum Gasteiger partial charge on any atom is -0.504 e. The van der Waals surface area contributed by atoms with E-state index in [0.29, 0.717) is 5.57 Å². The molecule has 1 unspecified atom stereocenters. The van der Waals surface area contributed by atoms with Gasteiger partial charge in [-0.15, -0.1) is 0 Å². The number of rotatable bonds is 4. The molecule has 11 atom stereocenters. The number of methoxy groups -OCH3 is 1. The lowest BCUT2D eigenvalue weighted by Gasteiger charge is -2.68. The molecule has 2 saturated carbocycles. The molecule has 39 heavy (non-hydrogen) atoms. The number of aliphatic hydroxyl groups is 4. The van der Waals surface area contributed by atoms with Crippen molar-refractivity contribution in [2.24, 2.45) is 34.5 Å². The van der Waals surface area contributed by atoms with E-state index >= 15 is 0 Å². The van der Waals surface area contributed by atoms with Gasteiger partial charge in [-0.25, -0.2) is 9.59 Å². The Morgan fingerprint density at radius 1 is 1.18 bits per heavy atom. The fourth-order valence-corrected chi connectivity index (χ4v) is 8.52. The maximum absolute atomic E-state index is 13.4. The van der Waals surface area contributed by atoms with Gasteiger partial charge in [-0.1, -0.05) is 26.3 Å². The zero-order chi connectivity index (χ0) is 28.8. The SMILES string of the molecule is COC(=O)[C@@]12OC[C@]34[C@H]([C@@H](O)[C@@H]1O)[C@@]1(C)CC(=O)C(O)=C(C)[C@@H]1C[C@H]3OC(O)[C@H](OC(=O)/C=C(\C)C(C)C)[C@@H]24. The first-order chi connectivity index (χ1) is 18.2. The summed E-state index contributed by atoms with van der Waals surface area (Å²) in [5.41, 5.74) is -3.22. The summed E-state index contributed by atoms with van der Waals surface area (Å²) < 4.78 is 23.1. The van der Waals surface area contributed by atoms with Crippen LogP contribution in [0.3, 0.4) is 0 Å². The molecule has 1 spiro atoms. The number of fused-ring (bicyclic) bond motifs is 2. The van der Waals surface area contributed by atoms with E-state index in [0.717, 1.165) is 12.7 Å². The van der Waals surface area contributed by atoms with Crippen molar-refractivity contribution in [1.82, 2.24) is 0 Å². The van der Waals surface area contributed by atoms with E-state index in [9.17, 15) is 34.8 Å². The van der Waals surface area contributed by atoms with Crippen LogP contribution in [0, 0.1) is 34.5 Å². The van der Waals surface area contributed by atoms with Gasteiger partial charge in [0.25, 0.3) is 0 Å². The van der Waals surface area contributed by atoms with E-state index in [1.807, 2.05) is 20.8 Å². The fraction of sp³-hybridized carbons (Fsp3) is 0.750. The Morgan fingerprint density at radius 2 is 1.85 bits per heavy atom. The lowest BCUT2D eigenvalue weighted by molar-refractivity contribution is -0.348. The molecule has 0 radical (unpaired) electrons. The third-order valence-electron chi connectivity index (χ3n) is 10.5. The third-order valence-corrected chi connectivity index (χ3v) is 10.5. The van der Waals surface area contributed by atoms with Gasteiger partial charge in [0.1, 0.15) is 6.10 Å². The van der Waals surface area contributed by atoms with Gasteiger partial charge >= 0.3 is 11.9 Å². The van der Waals surface area contributed by atoms with E-state index in [1.165, 1.54) is 6.08 Å². The average molecular weight is 551 g/mol. The van der Waals surface area contributed by atoms with Crippen LogP contribution in [0.25, 0.3) is 0 Å². The van der Waals surface area contributed by atoms with Crippen LogP contribution in [-0.4, -0.2) is 88.2 Å². The maximum atomic E-state index is 13.4. The van der Waals surface area contributed by atoms with E-state index in [4.69, 9.17) is 18.9 Å². The maximum Gasteiger partial charge on any atom is 0.341 e. The normalized spacial score (nSPS) is 47.0. The molecule has 0 aromatic rings. The van der Waals surface area contributed by atoms with E-state index in [1.54, 1.807) is 13.8 Å². The Morgan fingerprint density at radius 3 is 2.46 bits per heavy atom. The molecule has 0 aromatic heterocycles. The zero-order valence-corrected chi connectivity index (χ0v) is 23.0. The van der Waals surface area contributed by atoms with Crippen molar-refractivity contribution in [3.05, 3.63) is 23.0 Å². The summed E-state index contributed by atoms with van der Waals surface area (Å²) in [6, 6.07) is 0. The molecule has 2 aliphatic heterocycles. The van der Waals surface area contributed by atoms with E-state index < -0.39 is 82.6 Å². The van der Waals surface area contributed by atoms with Gasteiger partial charge < -0.3 is 39.4 Å². The number of carbonyl (C=O) groups excluding carboxylic acids is 3. The summed E-state index contributed by atoms with van der Waals surface area (Å²) in [6.45, 7) is 8.87. The first-order valence-electron chi connectivity index (χ1n) is 13.4. The first-order valence-corrected chi connectivity index (χ1v) is 13.4. The Labute approximate surface area is 226 Å². The zero-order valence-electron chi connectivity index (χ0n) is 23.0. The number of hydrogen-bond acceptors (Lipinski definition) is 11. The van der Waals surface area contributed by atoms with Crippen molar-refractivity contribution in [3.63, 3.8) is 0 Å². The van der Waals surface area contributed by atoms with E-state index in [2.05, 4.69) is 0 Å². The molecule has 11 nitrogen and oxygen atoms in total. The number of hydrogen-bond donors (Lipinski definition) is 4. The number of carbonyl (C=O) groups is 3. The minimum atomic E-state index is -2.16. The number of Topliss-reactive ketones (excluding diaryl/α,β-unsaturated/α-hetero) is 1. The van der Waals surface area contributed by atoms with Gasteiger partial charge in [0.05, 0.1) is 31.8 Å². The Hall–Kier alpha value is -2.31. The molecule has 3 aliphatic carbocycles. The van der Waals surface area contributed by atoms with Gasteiger partial charge in [-0.3, -0.25) is 4.79 Å². The highest BCUT2D eigenvalue weighted by Crippen LogP contribution is 2.73. The van der Waals surface area contributed by atoms with Crippen LogP contribution in [-0.2, 0) is 33.3 Å². The number of ether oxygens (including phenoxy) is 4. The standard InChI is InChI=1S/C28H38O11/c1-11(2)12(3)7-17(30)39-20-22-27-10-37-28(22,25(35)36-6)23(33)19(32)21(27)26(5)9-15(29)18(31)13(4)14(26)8-16(27)38-24(20)34/h7,11,14,16,19-24,31-34H,8-10H2,1-6H3/b12-7+/t14-,16+,19+,20+,21+,22+,23-,24?,26-,27+,28-/m0/s1. The van der Waals surface area contributed by atoms with Crippen LogP contribution in [0.1, 0.15) is 47.5 Å². The van der Waals surface area contributed by atoms with Crippen molar-refractivity contribution in [1.29, 1.82) is 0 Å². The lowest BCUT2D eigenvalue weighted by Crippen LogP contribution is -2.79. The Bertz CT molecular complexity index is 1160. The average Bonchev–Trinajstić information content (AvgIpc) is 3.18. The first kappa shape index (κ1) is 28.2. The smallest absolute Gasteiger partial charge is 0.341 e. The van der Waals surface area contributed by atoms with Crippen molar-refractivity contribution >= 4 is 17.7 Å². The van der Waals surface area contributed by atoms with Crippen molar-refractivity contribution in [3.8, 4) is 0 Å². The molecular formula is C28H38O11. The molecule has 2 heterocycles. The van der Waals surface area contributed by atoms with Crippen LogP contribution in [0.5, 0.6) is 0 Å². The van der Waals surface area contributed by atoms with E-state index in [-0.39, 0.29) is 31.1 Å². The van der Waals surface area contributed by atoms with Gasteiger partial charge in [0.15, 0.2) is 23.9 Å². The summed E-state index contributed by atoms with van der Waals surface area (Å²) in [5.74, 6) is -5.00. The topological polar surface area (TPSA) is 169 Å². The lowest BCUT2D eigenvalue weighted by atomic mass is 9.38. The van der Waals surface area contributed by atoms with Crippen LogP contribution in [0.4, 0.5) is 0 Å².